The van der Waals surface area contributed by atoms with Crippen LogP contribution in [0.15, 0.2) is 34.2 Å². The molecule has 3 N–H and O–H groups in total. The van der Waals surface area contributed by atoms with Crippen LogP contribution in [0.2, 0.25) is 0 Å². The first kappa shape index (κ1) is 15.3. The molecule has 1 aliphatic heterocycles. The van der Waals surface area contributed by atoms with Crippen molar-refractivity contribution in [1.82, 2.24) is 5.32 Å². The highest BCUT2D eigenvalue weighted by Gasteiger charge is 2.15. The molecule has 5 nitrogen and oxygen atoms in total. The average Bonchev–Trinajstić information content (AvgIpc) is 2.45. The lowest BCUT2D eigenvalue weighted by Crippen LogP contribution is -2.37. The summed E-state index contributed by atoms with van der Waals surface area (Å²) in [4.78, 5) is 4.66. The van der Waals surface area contributed by atoms with Crippen molar-refractivity contribution in [2.45, 2.75) is 37.2 Å². The Kier molecular flexibility index (Phi) is 5.06. The van der Waals surface area contributed by atoms with Crippen molar-refractivity contribution in [3.63, 3.8) is 0 Å². The first-order chi connectivity index (χ1) is 9.49. The summed E-state index contributed by atoms with van der Waals surface area (Å²) >= 11 is 1.73. The SMILES string of the molecule is CCC1CCSC(=NCc2ccc(S(N)(=O)=O)cc2)N1. The minimum absolute atomic E-state index is 0.130. The molecular weight excluding hydrogens is 294 g/mol. The highest BCUT2D eigenvalue weighted by Crippen LogP contribution is 2.17. The molecule has 0 radical (unpaired) electrons. The van der Waals surface area contributed by atoms with E-state index in [2.05, 4.69) is 17.2 Å². The van der Waals surface area contributed by atoms with Gasteiger partial charge in [-0.3, -0.25) is 4.99 Å². The molecule has 0 aromatic heterocycles. The Morgan fingerprint density at radius 3 is 2.70 bits per heavy atom. The van der Waals surface area contributed by atoms with Gasteiger partial charge >= 0.3 is 0 Å². The fraction of sp³-hybridized carbons (Fsp3) is 0.462. The fourth-order valence-electron chi connectivity index (χ4n) is 1.93. The van der Waals surface area contributed by atoms with E-state index in [0.717, 1.165) is 22.9 Å². The van der Waals surface area contributed by atoms with Gasteiger partial charge < -0.3 is 5.32 Å². The topological polar surface area (TPSA) is 84.5 Å². The van der Waals surface area contributed by atoms with Crippen LogP contribution < -0.4 is 10.5 Å². The van der Waals surface area contributed by atoms with Crippen LogP contribution in [-0.2, 0) is 16.6 Å². The highest BCUT2D eigenvalue weighted by atomic mass is 32.2. The minimum atomic E-state index is -3.62. The molecule has 1 saturated heterocycles. The van der Waals surface area contributed by atoms with E-state index >= 15 is 0 Å². The number of hydrogen-bond donors (Lipinski definition) is 2. The number of nitrogens with one attached hydrogen (secondary N) is 1. The van der Waals surface area contributed by atoms with E-state index in [9.17, 15) is 8.42 Å². The Morgan fingerprint density at radius 1 is 1.40 bits per heavy atom. The number of aliphatic imine (C=N–C) groups is 1. The van der Waals surface area contributed by atoms with E-state index in [1.807, 2.05) is 0 Å². The zero-order valence-electron chi connectivity index (χ0n) is 11.4. The Balaban J connectivity index is 2.00. The average molecular weight is 313 g/mol. The number of sulfonamides is 1. The molecule has 0 saturated carbocycles. The van der Waals surface area contributed by atoms with Crippen LogP contribution in [0, 0.1) is 0 Å². The molecule has 20 heavy (non-hydrogen) atoms. The first-order valence-electron chi connectivity index (χ1n) is 6.54. The summed E-state index contributed by atoms with van der Waals surface area (Å²) in [5.41, 5.74) is 0.964. The molecule has 1 fully saturated rings. The molecule has 1 atom stereocenters. The third kappa shape index (κ3) is 4.22. The van der Waals surface area contributed by atoms with Crippen LogP contribution in [0.1, 0.15) is 25.3 Å². The second-order valence-corrected chi connectivity index (χ2v) is 7.34. The van der Waals surface area contributed by atoms with Gasteiger partial charge in [0.05, 0.1) is 11.4 Å². The Bertz CT molecular complexity index is 582. The van der Waals surface area contributed by atoms with Crippen LogP contribution in [0.25, 0.3) is 0 Å². The van der Waals surface area contributed by atoms with Crippen LogP contribution in [0.4, 0.5) is 0 Å². The van der Waals surface area contributed by atoms with Crippen molar-refractivity contribution < 1.29 is 8.42 Å². The molecule has 1 unspecified atom stereocenters. The van der Waals surface area contributed by atoms with Gasteiger partial charge in [-0.25, -0.2) is 13.6 Å². The van der Waals surface area contributed by atoms with E-state index in [4.69, 9.17) is 5.14 Å². The summed E-state index contributed by atoms with van der Waals surface area (Å²) in [7, 11) is -3.62. The van der Waals surface area contributed by atoms with Gasteiger partial charge in [0.2, 0.25) is 10.0 Å². The second-order valence-electron chi connectivity index (χ2n) is 4.70. The van der Waals surface area contributed by atoms with Gasteiger partial charge in [-0.2, -0.15) is 0 Å². The lowest BCUT2D eigenvalue weighted by atomic mass is 10.2. The standard InChI is InChI=1S/C13H19N3O2S2/c1-2-11-7-8-19-13(16-11)15-9-10-3-5-12(6-4-10)20(14,17)18/h3-6,11H,2,7-9H2,1H3,(H,15,16)(H2,14,17,18). The van der Waals surface area contributed by atoms with Crippen molar-refractivity contribution in [2.24, 2.45) is 10.1 Å². The van der Waals surface area contributed by atoms with Crippen LogP contribution in [0.5, 0.6) is 0 Å². The molecule has 0 spiro atoms. The summed E-state index contributed by atoms with van der Waals surface area (Å²) in [6.45, 7) is 2.70. The third-order valence-corrected chi connectivity index (χ3v) is 5.07. The molecule has 110 valence electrons. The number of nitrogens with zero attached hydrogens (tertiary/aromatic N) is 1. The summed E-state index contributed by atoms with van der Waals surface area (Å²) in [6.07, 6.45) is 2.27. The lowest BCUT2D eigenvalue weighted by Gasteiger charge is -2.24. The molecule has 2 rings (SSSR count). The van der Waals surface area contributed by atoms with Crippen LogP contribution in [0.3, 0.4) is 0 Å². The van der Waals surface area contributed by atoms with E-state index in [1.165, 1.54) is 18.6 Å². The fourth-order valence-corrected chi connectivity index (χ4v) is 3.45. The normalized spacial score (nSPS) is 21.7. The number of benzene rings is 1. The van der Waals surface area contributed by atoms with Gasteiger partial charge in [-0.1, -0.05) is 30.8 Å². The van der Waals surface area contributed by atoms with Crippen molar-refractivity contribution >= 4 is 27.0 Å². The van der Waals surface area contributed by atoms with E-state index < -0.39 is 10.0 Å². The van der Waals surface area contributed by atoms with Gasteiger partial charge in [0.1, 0.15) is 0 Å². The Morgan fingerprint density at radius 2 is 2.10 bits per heavy atom. The van der Waals surface area contributed by atoms with Crippen molar-refractivity contribution in [2.75, 3.05) is 5.75 Å². The van der Waals surface area contributed by atoms with E-state index in [1.54, 1.807) is 23.9 Å². The maximum atomic E-state index is 11.2. The highest BCUT2D eigenvalue weighted by molar-refractivity contribution is 8.13. The third-order valence-electron chi connectivity index (χ3n) is 3.18. The molecule has 1 aromatic carbocycles. The molecule has 1 heterocycles. The van der Waals surface area contributed by atoms with Gasteiger partial charge in [0.25, 0.3) is 0 Å². The number of amidine groups is 1. The summed E-state index contributed by atoms with van der Waals surface area (Å²) in [5.74, 6) is 1.09. The zero-order chi connectivity index (χ0) is 14.6. The summed E-state index contributed by atoms with van der Waals surface area (Å²) < 4.78 is 22.3. The monoisotopic (exact) mass is 313 g/mol. The van der Waals surface area contributed by atoms with Crippen LogP contribution in [-0.4, -0.2) is 25.4 Å². The van der Waals surface area contributed by atoms with Gasteiger partial charge in [-0.05, 0) is 30.5 Å². The molecule has 1 aliphatic rings. The van der Waals surface area contributed by atoms with Crippen LogP contribution >= 0.6 is 11.8 Å². The second kappa shape index (κ2) is 6.60. The Hall–Kier alpha value is -1.05. The molecule has 0 amide bonds. The van der Waals surface area contributed by atoms with E-state index in [-0.39, 0.29) is 4.90 Å². The lowest BCUT2D eigenvalue weighted by molar-refractivity contribution is 0.570. The molecule has 7 heteroatoms. The maximum absolute atomic E-state index is 11.2. The van der Waals surface area contributed by atoms with Crippen molar-refractivity contribution in [1.29, 1.82) is 0 Å². The summed E-state index contributed by atoms with van der Waals surface area (Å²) in [6, 6.07) is 7.03. The Labute approximate surface area is 124 Å². The van der Waals surface area contributed by atoms with Gasteiger partial charge in [0.15, 0.2) is 5.17 Å². The zero-order valence-corrected chi connectivity index (χ0v) is 13.0. The van der Waals surface area contributed by atoms with Gasteiger partial charge in [0, 0.05) is 11.8 Å². The maximum Gasteiger partial charge on any atom is 0.238 e. The van der Waals surface area contributed by atoms with Crippen molar-refractivity contribution in [3.8, 4) is 0 Å². The molecular formula is C13H19N3O2S2. The number of thioether (sulfide) groups is 1. The predicted octanol–water partition coefficient (Wildman–Crippen LogP) is 1.70. The predicted molar refractivity (Wildman–Crippen MR) is 83.2 cm³/mol. The number of rotatable bonds is 4. The number of nitrogens with two attached hydrogens (primary N) is 1. The smallest absolute Gasteiger partial charge is 0.238 e. The molecule has 0 aliphatic carbocycles. The largest absolute Gasteiger partial charge is 0.362 e. The summed E-state index contributed by atoms with van der Waals surface area (Å²) in [5, 5.41) is 9.44. The quantitative estimate of drug-likeness (QED) is 0.886. The molecule has 1 aromatic rings. The number of primary sulfonamides is 1. The van der Waals surface area contributed by atoms with Gasteiger partial charge in [-0.15, -0.1) is 0 Å². The van der Waals surface area contributed by atoms with Crippen molar-refractivity contribution in [3.05, 3.63) is 29.8 Å². The first-order valence-corrected chi connectivity index (χ1v) is 9.07. The number of hydrogen-bond acceptors (Lipinski definition) is 4. The van der Waals surface area contributed by atoms with E-state index in [0.29, 0.717) is 12.6 Å². The molecule has 0 bridgehead atoms. The minimum Gasteiger partial charge on any atom is -0.362 e.